The Labute approximate surface area is 150 Å². The number of nitrogen functional groups attached to an aromatic ring is 1. The van der Waals surface area contributed by atoms with E-state index in [1.54, 1.807) is 0 Å². The van der Waals surface area contributed by atoms with Crippen molar-refractivity contribution in [3.63, 3.8) is 0 Å². The van der Waals surface area contributed by atoms with Crippen LogP contribution < -0.4 is 15.2 Å². The van der Waals surface area contributed by atoms with Gasteiger partial charge in [0, 0.05) is 31.7 Å². The molecule has 1 fully saturated rings. The van der Waals surface area contributed by atoms with Gasteiger partial charge in [-0.25, -0.2) is 0 Å². The second kappa shape index (κ2) is 7.79. The monoisotopic (exact) mass is 340 g/mol. The minimum Gasteiger partial charge on any atom is -0.492 e. The predicted octanol–water partition coefficient (Wildman–Crippen LogP) is 3.75. The van der Waals surface area contributed by atoms with Gasteiger partial charge in [-0.05, 0) is 49.2 Å². The zero-order chi connectivity index (χ0) is 17.7. The van der Waals surface area contributed by atoms with Crippen molar-refractivity contribution >= 4 is 5.69 Å². The van der Waals surface area contributed by atoms with Gasteiger partial charge >= 0.3 is 0 Å². The van der Waals surface area contributed by atoms with Crippen molar-refractivity contribution in [2.45, 2.75) is 32.3 Å². The summed E-state index contributed by atoms with van der Waals surface area (Å²) in [4.78, 5) is 2.41. The Kier molecular flexibility index (Phi) is 5.49. The summed E-state index contributed by atoms with van der Waals surface area (Å²) in [5, 5.41) is 0. The van der Waals surface area contributed by atoms with Crippen LogP contribution in [0.2, 0.25) is 0 Å². The largest absolute Gasteiger partial charge is 0.492 e. The summed E-state index contributed by atoms with van der Waals surface area (Å²) in [6.45, 7) is 7.88. The molecule has 0 bridgehead atoms. The smallest absolute Gasteiger partial charge is 0.123 e. The molecule has 4 heteroatoms. The first kappa shape index (κ1) is 17.6. The van der Waals surface area contributed by atoms with Crippen molar-refractivity contribution in [3.8, 4) is 11.5 Å². The van der Waals surface area contributed by atoms with Crippen LogP contribution in [-0.2, 0) is 6.42 Å². The number of nitrogens with zero attached hydrogens (tertiary/aromatic N) is 1. The summed E-state index contributed by atoms with van der Waals surface area (Å²) < 4.78 is 12.2. The molecule has 1 saturated heterocycles. The molecule has 3 rings (SSSR count). The molecule has 1 heterocycles. The van der Waals surface area contributed by atoms with E-state index in [1.165, 1.54) is 5.56 Å². The molecule has 4 nitrogen and oxygen atoms in total. The second-order valence-electron chi connectivity index (χ2n) is 6.96. The van der Waals surface area contributed by atoms with Crippen molar-refractivity contribution in [3.05, 3.63) is 54.1 Å². The third kappa shape index (κ3) is 4.67. The van der Waals surface area contributed by atoms with E-state index in [0.717, 1.165) is 49.7 Å². The third-order valence-corrected chi connectivity index (χ3v) is 4.76. The van der Waals surface area contributed by atoms with Gasteiger partial charge in [-0.2, -0.15) is 0 Å². The van der Waals surface area contributed by atoms with Crippen LogP contribution in [0.4, 0.5) is 5.69 Å². The molecule has 1 aliphatic heterocycles. The van der Waals surface area contributed by atoms with Crippen molar-refractivity contribution < 1.29 is 9.47 Å². The maximum Gasteiger partial charge on any atom is 0.123 e. The molecule has 0 spiro atoms. The molecule has 25 heavy (non-hydrogen) atoms. The zero-order valence-electron chi connectivity index (χ0n) is 15.2. The molecule has 0 radical (unpaired) electrons. The maximum atomic E-state index is 6.40. The van der Waals surface area contributed by atoms with Gasteiger partial charge in [0.25, 0.3) is 0 Å². The first-order valence-electron chi connectivity index (χ1n) is 9.05. The van der Waals surface area contributed by atoms with Crippen LogP contribution in [0.5, 0.6) is 11.5 Å². The minimum atomic E-state index is -0.160. The van der Waals surface area contributed by atoms with Crippen molar-refractivity contribution in [1.29, 1.82) is 0 Å². The van der Waals surface area contributed by atoms with Gasteiger partial charge < -0.3 is 15.2 Å². The summed E-state index contributed by atoms with van der Waals surface area (Å²) >= 11 is 0. The molecular formula is C21H28N2O2. The van der Waals surface area contributed by atoms with E-state index in [2.05, 4.69) is 18.7 Å². The Hall–Kier alpha value is -2.20. The fourth-order valence-corrected chi connectivity index (χ4v) is 3.35. The second-order valence-corrected chi connectivity index (χ2v) is 6.96. The van der Waals surface area contributed by atoms with E-state index >= 15 is 0 Å². The number of hydrogen-bond donors (Lipinski definition) is 1. The van der Waals surface area contributed by atoms with Crippen LogP contribution in [0.3, 0.4) is 0 Å². The summed E-state index contributed by atoms with van der Waals surface area (Å²) in [7, 11) is 0. The zero-order valence-corrected chi connectivity index (χ0v) is 15.2. The molecule has 0 aromatic heterocycles. The Balaban J connectivity index is 1.52. The Morgan fingerprint density at radius 2 is 1.96 bits per heavy atom. The highest BCUT2D eigenvalue weighted by Crippen LogP contribution is 2.31. The lowest BCUT2D eigenvalue weighted by atomic mass is 10.1. The number of hydrogen-bond acceptors (Lipinski definition) is 4. The summed E-state index contributed by atoms with van der Waals surface area (Å²) in [5.74, 6) is 1.89. The summed E-state index contributed by atoms with van der Waals surface area (Å²) in [6.07, 6.45) is 1.94. The first-order chi connectivity index (χ1) is 12.1. The molecule has 0 aliphatic carbocycles. The number of benzene rings is 2. The Morgan fingerprint density at radius 3 is 2.72 bits per heavy atom. The first-order valence-corrected chi connectivity index (χ1v) is 9.05. The molecule has 2 N–H and O–H groups in total. The third-order valence-electron chi connectivity index (χ3n) is 4.76. The average Bonchev–Trinajstić information content (AvgIpc) is 2.98. The number of nitrogens with two attached hydrogens (primary N) is 1. The molecule has 1 atom stereocenters. The van der Waals surface area contributed by atoms with E-state index in [1.807, 2.05) is 48.5 Å². The van der Waals surface area contributed by atoms with Crippen LogP contribution in [0.15, 0.2) is 48.5 Å². The number of ether oxygens (including phenoxy) is 2. The maximum absolute atomic E-state index is 6.40. The van der Waals surface area contributed by atoms with Gasteiger partial charge in [0.15, 0.2) is 0 Å². The predicted molar refractivity (Wildman–Crippen MR) is 102 cm³/mol. The molecule has 2 aromatic carbocycles. The Morgan fingerprint density at radius 1 is 1.16 bits per heavy atom. The normalized spacial score (nSPS) is 20.6. The van der Waals surface area contributed by atoms with Gasteiger partial charge in [-0.3, -0.25) is 4.90 Å². The van der Waals surface area contributed by atoms with Gasteiger partial charge in [-0.15, -0.1) is 0 Å². The molecule has 0 saturated carbocycles. The van der Waals surface area contributed by atoms with E-state index in [-0.39, 0.29) is 5.60 Å². The highest BCUT2D eigenvalue weighted by atomic mass is 16.5. The van der Waals surface area contributed by atoms with Crippen LogP contribution in [0, 0.1) is 0 Å². The van der Waals surface area contributed by atoms with Gasteiger partial charge in [-0.1, -0.05) is 25.1 Å². The number of likely N-dealkylation sites (tertiary alicyclic amines) is 1. The number of rotatable bonds is 7. The van der Waals surface area contributed by atoms with E-state index in [0.29, 0.717) is 6.61 Å². The average molecular weight is 340 g/mol. The summed E-state index contributed by atoms with van der Waals surface area (Å²) in [6, 6.07) is 15.9. The fourth-order valence-electron chi connectivity index (χ4n) is 3.35. The number of aryl methyl sites for hydroxylation is 1. The van der Waals surface area contributed by atoms with Crippen LogP contribution in [0.25, 0.3) is 0 Å². The van der Waals surface area contributed by atoms with E-state index < -0.39 is 0 Å². The van der Waals surface area contributed by atoms with Gasteiger partial charge in [0.1, 0.15) is 23.7 Å². The lowest BCUT2D eigenvalue weighted by Gasteiger charge is -2.28. The fraction of sp³-hybridized carbons (Fsp3) is 0.429. The number of para-hydroxylation sites is 1. The van der Waals surface area contributed by atoms with E-state index in [4.69, 9.17) is 15.2 Å². The van der Waals surface area contributed by atoms with E-state index in [9.17, 15) is 0 Å². The van der Waals surface area contributed by atoms with Gasteiger partial charge in [0.2, 0.25) is 0 Å². The lowest BCUT2D eigenvalue weighted by molar-refractivity contribution is 0.0924. The lowest BCUT2D eigenvalue weighted by Crippen LogP contribution is -2.37. The minimum absolute atomic E-state index is 0.160. The SMILES string of the molecule is CCc1cc(N)ccc1OC1(C)CCN(CCOc2ccccc2)C1. The molecule has 2 aromatic rings. The van der Waals surface area contributed by atoms with Crippen molar-refractivity contribution in [2.75, 3.05) is 32.0 Å². The standard InChI is InChI=1S/C21H28N2O2/c1-3-17-15-18(22)9-10-20(17)25-21(2)11-12-23(16-21)13-14-24-19-7-5-4-6-8-19/h4-10,15H,3,11-14,16,22H2,1-2H3. The Bertz CT molecular complexity index is 690. The van der Waals surface area contributed by atoms with Crippen LogP contribution >= 0.6 is 0 Å². The van der Waals surface area contributed by atoms with Crippen molar-refractivity contribution in [2.24, 2.45) is 0 Å². The molecular weight excluding hydrogens is 312 g/mol. The highest BCUT2D eigenvalue weighted by Gasteiger charge is 2.36. The van der Waals surface area contributed by atoms with Crippen LogP contribution in [-0.4, -0.2) is 36.7 Å². The molecule has 134 valence electrons. The summed E-state index contributed by atoms with van der Waals surface area (Å²) in [5.41, 5.74) is 7.70. The topological polar surface area (TPSA) is 47.7 Å². The molecule has 1 aliphatic rings. The highest BCUT2D eigenvalue weighted by molar-refractivity contribution is 5.48. The van der Waals surface area contributed by atoms with Gasteiger partial charge in [0.05, 0.1) is 0 Å². The quantitative estimate of drug-likeness (QED) is 0.780. The number of anilines is 1. The molecule has 0 amide bonds. The van der Waals surface area contributed by atoms with Crippen LogP contribution in [0.1, 0.15) is 25.8 Å². The molecule has 1 unspecified atom stereocenters. The van der Waals surface area contributed by atoms with Crippen molar-refractivity contribution in [1.82, 2.24) is 4.90 Å².